The Morgan fingerprint density at radius 3 is 2.40 bits per heavy atom. The summed E-state index contributed by atoms with van der Waals surface area (Å²) in [5.41, 5.74) is -0.204. The van der Waals surface area contributed by atoms with Crippen LogP contribution in [0.5, 0.6) is 0 Å². The fraction of sp³-hybridized carbons (Fsp3) is 0.652. The number of methoxy groups -OCH3 is 1. The topological polar surface area (TPSA) is 61.9 Å². The molecule has 1 unspecified atom stereocenters. The van der Waals surface area contributed by atoms with E-state index in [1.165, 1.54) is 5.56 Å². The largest absolute Gasteiger partial charge is 0.368 e. The number of piperidine rings is 2. The van der Waals surface area contributed by atoms with Gasteiger partial charge in [0, 0.05) is 26.7 Å². The van der Waals surface area contributed by atoms with Gasteiger partial charge in [0.2, 0.25) is 5.91 Å². The number of rotatable bonds is 5. The van der Waals surface area contributed by atoms with E-state index in [0.29, 0.717) is 25.9 Å². The van der Waals surface area contributed by atoms with E-state index in [1.807, 2.05) is 28.0 Å². The second-order valence-electron chi connectivity index (χ2n) is 8.67. The molecular weight excluding hydrogens is 402 g/mol. The van der Waals surface area contributed by atoms with Gasteiger partial charge in [-0.15, -0.1) is 12.4 Å². The lowest BCUT2D eigenvalue weighted by Crippen LogP contribution is -2.66. The molecule has 3 aliphatic heterocycles. The van der Waals surface area contributed by atoms with E-state index >= 15 is 0 Å². The Balaban J connectivity index is 0.00000256. The van der Waals surface area contributed by atoms with Crippen molar-refractivity contribution in [3.05, 3.63) is 35.9 Å². The Bertz CT molecular complexity index is 738. The molecule has 30 heavy (non-hydrogen) atoms. The van der Waals surface area contributed by atoms with Gasteiger partial charge in [0.15, 0.2) is 0 Å². The van der Waals surface area contributed by atoms with Crippen LogP contribution in [0, 0.1) is 0 Å². The van der Waals surface area contributed by atoms with Gasteiger partial charge in [0.25, 0.3) is 5.91 Å². The highest BCUT2D eigenvalue weighted by molar-refractivity contribution is 5.95. The first-order valence-corrected chi connectivity index (χ1v) is 11.0. The minimum atomic E-state index is -0.783. The lowest BCUT2D eigenvalue weighted by Gasteiger charge is -2.48. The maximum atomic E-state index is 13.7. The number of nitrogens with one attached hydrogen (secondary N) is 1. The predicted molar refractivity (Wildman–Crippen MR) is 119 cm³/mol. The van der Waals surface area contributed by atoms with Crippen molar-refractivity contribution in [1.82, 2.24) is 15.1 Å². The van der Waals surface area contributed by atoms with Gasteiger partial charge in [-0.05, 0) is 63.6 Å². The molecule has 0 bridgehead atoms. The number of likely N-dealkylation sites (tertiary alicyclic amines) is 2. The van der Waals surface area contributed by atoms with E-state index in [4.69, 9.17) is 4.74 Å². The number of carbonyl (C=O) groups is 2. The van der Waals surface area contributed by atoms with E-state index in [0.717, 1.165) is 51.7 Å². The van der Waals surface area contributed by atoms with Gasteiger partial charge in [-0.3, -0.25) is 9.59 Å². The van der Waals surface area contributed by atoms with Gasteiger partial charge in [0.05, 0.1) is 0 Å². The summed E-state index contributed by atoms with van der Waals surface area (Å²) in [6.07, 6.45) is 5.58. The van der Waals surface area contributed by atoms with E-state index in [9.17, 15) is 9.59 Å². The molecule has 0 aromatic heterocycles. The summed E-state index contributed by atoms with van der Waals surface area (Å²) in [4.78, 5) is 31.2. The monoisotopic (exact) mass is 435 g/mol. The average Bonchev–Trinajstić information content (AvgIpc) is 3.19. The van der Waals surface area contributed by atoms with Crippen molar-refractivity contribution in [3.63, 3.8) is 0 Å². The van der Waals surface area contributed by atoms with E-state index in [2.05, 4.69) is 17.4 Å². The number of hydrogen-bond donors (Lipinski definition) is 1. The van der Waals surface area contributed by atoms with Crippen LogP contribution in [-0.4, -0.2) is 72.6 Å². The van der Waals surface area contributed by atoms with Crippen LogP contribution in [0.4, 0.5) is 0 Å². The molecule has 1 N–H and O–H groups in total. The third-order valence-corrected chi connectivity index (χ3v) is 7.14. The summed E-state index contributed by atoms with van der Waals surface area (Å²) in [6.45, 7) is 3.71. The fourth-order valence-corrected chi connectivity index (χ4v) is 5.43. The lowest BCUT2D eigenvalue weighted by atomic mass is 9.82. The van der Waals surface area contributed by atoms with Crippen LogP contribution in [0.25, 0.3) is 0 Å². The number of carbonyl (C=O) groups excluding carboxylic acids is 2. The number of amides is 2. The molecule has 1 spiro atoms. The molecule has 3 heterocycles. The summed E-state index contributed by atoms with van der Waals surface area (Å²) >= 11 is 0. The molecule has 3 fully saturated rings. The van der Waals surface area contributed by atoms with Crippen LogP contribution in [0.3, 0.4) is 0 Å². The standard InChI is InChI=1S/C23H33N3O3.ClH/c1-29-23(12-14-24-15-13-23)21(28)26-17-6-11-22(26)10-5-16-25(20(22)27)18-9-19-7-3-2-4-8-19;/h2-4,7-8,24H,5-6,9-18H2,1H3;1H. The third-order valence-electron chi connectivity index (χ3n) is 7.14. The molecule has 0 aliphatic carbocycles. The SMILES string of the molecule is COC1(C(=O)N2CCCC23CCCN(CCc2ccccc2)C3=O)CCNCC1.Cl. The average molecular weight is 436 g/mol. The maximum Gasteiger partial charge on any atom is 0.255 e. The number of nitrogens with zero attached hydrogens (tertiary/aromatic N) is 2. The number of hydrogen-bond acceptors (Lipinski definition) is 4. The van der Waals surface area contributed by atoms with Gasteiger partial charge < -0.3 is 19.9 Å². The van der Waals surface area contributed by atoms with Crippen LogP contribution >= 0.6 is 12.4 Å². The lowest BCUT2D eigenvalue weighted by molar-refractivity contribution is -0.170. The summed E-state index contributed by atoms with van der Waals surface area (Å²) in [5, 5.41) is 3.31. The smallest absolute Gasteiger partial charge is 0.255 e. The second kappa shape index (κ2) is 9.67. The van der Waals surface area contributed by atoms with E-state index in [1.54, 1.807) is 7.11 Å². The predicted octanol–water partition coefficient (Wildman–Crippen LogP) is 2.40. The van der Waals surface area contributed by atoms with Crippen molar-refractivity contribution < 1.29 is 14.3 Å². The van der Waals surface area contributed by atoms with Gasteiger partial charge in [-0.1, -0.05) is 30.3 Å². The second-order valence-corrected chi connectivity index (χ2v) is 8.67. The van der Waals surface area contributed by atoms with Gasteiger partial charge in [-0.25, -0.2) is 0 Å². The molecule has 4 rings (SSSR count). The van der Waals surface area contributed by atoms with Crippen molar-refractivity contribution in [3.8, 4) is 0 Å². The summed E-state index contributed by atoms with van der Waals surface area (Å²) < 4.78 is 5.80. The molecule has 166 valence electrons. The molecule has 1 atom stereocenters. The van der Waals surface area contributed by atoms with Crippen LogP contribution < -0.4 is 5.32 Å². The highest BCUT2D eigenvalue weighted by atomic mass is 35.5. The van der Waals surface area contributed by atoms with Gasteiger partial charge >= 0.3 is 0 Å². The van der Waals surface area contributed by atoms with Crippen LogP contribution in [0.1, 0.15) is 44.1 Å². The van der Waals surface area contributed by atoms with Crippen LogP contribution in [-0.2, 0) is 20.7 Å². The molecule has 6 nitrogen and oxygen atoms in total. The zero-order chi connectivity index (χ0) is 20.3. The third kappa shape index (κ3) is 4.10. The van der Waals surface area contributed by atoms with Crippen molar-refractivity contribution in [2.45, 2.75) is 56.1 Å². The molecule has 1 aromatic rings. The normalized spacial score (nSPS) is 26.0. The number of ether oxygens (including phenoxy) is 1. The highest BCUT2D eigenvalue weighted by Crippen LogP contribution is 2.41. The first-order valence-electron chi connectivity index (χ1n) is 11.0. The molecule has 0 saturated carbocycles. The number of benzene rings is 1. The number of halogens is 1. The summed E-state index contributed by atoms with van der Waals surface area (Å²) in [6, 6.07) is 10.3. The van der Waals surface area contributed by atoms with E-state index in [-0.39, 0.29) is 24.2 Å². The highest BCUT2D eigenvalue weighted by Gasteiger charge is 2.56. The van der Waals surface area contributed by atoms with Crippen molar-refractivity contribution >= 4 is 24.2 Å². The molecule has 3 aliphatic rings. The quantitative estimate of drug-likeness (QED) is 0.771. The van der Waals surface area contributed by atoms with Crippen molar-refractivity contribution in [2.75, 3.05) is 39.8 Å². The Kier molecular flexibility index (Phi) is 7.43. The summed E-state index contributed by atoms with van der Waals surface area (Å²) in [7, 11) is 1.64. The molecule has 0 radical (unpaired) electrons. The molecule has 1 aromatic carbocycles. The molecule has 2 amide bonds. The molecule has 7 heteroatoms. The Morgan fingerprint density at radius 1 is 1.07 bits per heavy atom. The maximum absolute atomic E-state index is 13.7. The summed E-state index contributed by atoms with van der Waals surface area (Å²) in [5.74, 6) is 0.169. The fourth-order valence-electron chi connectivity index (χ4n) is 5.43. The minimum Gasteiger partial charge on any atom is -0.368 e. The Labute approximate surface area is 185 Å². The van der Waals surface area contributed by atoms with Gasteiger partial charge in [0.1, 0.15) is 11.1 Å². The first kappa shape index (κ1) is 23.0. The van der Waals surface area contributed by atoms with Crippen molar-refractivity contribution in [2.24, 2.45) is 0 Å². The van der Waals surface area contributed by atoms with Crippen LogP contribution in [0.15, 0.2) is 30.3 Å². The minimum absolute atomic E-state index is 0. The van der Waals surface area contributed by atoms with Crippen LogP contribution in [0.2, 0.25) is 0 Å². The zero-order valence-corrected chi connectivity index (χ0v) is 18.7. The van der Waals surface area contributed by atoms with Gasteiger partial charge in [-0.2, -0.15) is 0 Å². The first-order chi connectivity index (χ1) is 14.1. The Morgan fingerprint density at radius 2 is 1.73 bits per heavy atom. The molecule has 3 saturated heterocycles. The Hall–Kier alpha value is -1.63. The zero-order valence-electron chi connectivity index (χ0n) is 17.9. The van der Waals surface area contributed by atoms with Crippen molar-refractivity contribution in [1.29, 1.82) is 0 Å². The molecular formula is C23H34ClN3O3. The van der Waals surface area contributed by atoms with E-state index < -0.39 is 11.1 Å².